The number of hydrogen-bond donors (Lipinski definition) is 2. The molecule has 2 heterocycles. The van der Waals surface area contributed by atoms with E-state index < -0.39 is 0 Å². The standard InChI is InChI=1S/C8H9NO2.C5H11N.CH2O/c10-6-1-2-8-7(5-6)9-3-4-11-8;1-6-4-2-3-5-6;1-2/h1-2,5,9-10H,3-4H2;2-5H2,1H3;1H2. The van der Waals surface area contributed by atoms with Crippen molar-refractivity contribution in [3.8, 4) is 11.5 Å². The molecule has 0 aromatic heterocycles. The van der Waals surface area contributed by atoms with Gasteiger partial charge in [0.25, 0.3) is 0 Å². The van der Waals surface area contributed by atoms with E-state index in [1.165, 1.54) is 25.9 Å². The van der Waals surface area contributed by atoms with Crippen molar-refractivity contribution >= 4 is 12.5 Å². The topological polar surface area (TPSA) is 61.8 Å². The fraction of sp³-hybridized carbons (Fsp3) is 0.500. The molecule has 1 fully saturated rings. The van der Waals surface area contributed by atoms with E-state index in [-0.39, 0.29) is 5.75 Å². The minimum absolute atomic E-state index is 0.266. The number of nitrogens with one attached hydrogen (secondary N) is 1. The molecule has 5 nitrogen and oxygen atoms in total. The highest BCUT2D eigenvalue weighted by molar-refractivity contribution is 5.60. The molecule has 19 heavy (non-hydrogen) atoms. The number of nitrogens with zero attached hydrogens (tertiary/aromatic N) is 1. The van der Waals surface area contributed by atoms with Crippen LogP contribution in [0.15, 0.2) is 18.2 Å². The van der Waals surface area contributed by atoms with Crippen LogP contribution in [-0.4, -0.2) is 50.1 Å². The number of phenols is 1. The van der Waals surface area contributed by atoms with Crippen LogP contribution in [0.4, 0.5) is 5.69 Å². The Morgan fingerprint density at radius 3 is 2.58 bits per heavy atom. The van der Waals surface area contributed by atoms with Crippen LogP contribution in [0.5, 0.6) is 11.5 Å². The van der Waals surface area contributed by atoms with Gasteiger partial charge in [0.05, 0.1) is 5.69 Å². The first-order chi connectivity index (χ1) is 9.25. The highest BCUT2D eigenvalue weighted by atomic mass is 16.5. The molecule has 0 aliphatic carbocycles. The van der Waals surface area contributed by atoms with Crippen LogP contribution >= 0.6 is 0 Å². The Kier molecular flexibility index (Phi) is 6.74. The molecule has 0 saturated carbocycles. The fourth-order valence-corrected chi connectivity index (χ4v) is 2.00. The summed E-state index contributed by atoms with van der Waals surface area (Å²) < 4.78 is 5.30. The Morgan fingerprint density at radius 1 is 1.32 bits per heavy atom. The molecule has 2 aliphatic rings. The minimum atomic E-state index is 0.266. The summed E-state index contributed by atoms with van der Waals surface area (Å²) in [6.07, 6.45) is 2.83. The molecule has 106 valence electrons. The molecule has 0 spiro atoms. The lowest BCUT2D eigenvalue weighted by Gasteiger charge is -2.18. The van der Waals surface area contributed by atoms with Gasteiger partial charge in [0.15, 0.2) is 0 Å². The Bertz CT molecular complexity index is 379. The number of aromatic hydroxyl groups is 1. The first-order valence-corrected chi connectivity index (χ1v) is 6.43. The van der Waals surface area contributed by atoms with Gasteiger partial charge in [-0.1, -0.05) is 0 Å². The van der Waals surface area contributed by atoms with Crippen LogP contribution in [0.3, 0.4) is 0 Å². The first kappa shape index (κ1) is 15.3. The molecule has 2 N–H and O–H groups in total. The van der Waals surface area contributed by atoms with Crippen molar-refractivity contribution in [2.75, 3.05) is 38.6 Å². The third-order valence-electron chi connectivity index (χ3n) is 2.97. The molecule has 0 atom stereocenters. The summed E-state index contributed by atoms with van der Waals surface area (Å²) in [6, 6.07) is 5.04. The van der Waals surface area contributed by atoms with Gasteiger partial charge >= 0.3 is 0 Å². The molecular weight excluding hydrogens is 244 g/mol. The number of likely N-dealkylation sites (tertiary alicyclic amines) is 1. The molecule has 1 aromatic carbocycles. The van der Waals surface area contributed by atoms with Crippen LogP contribution in [0, 0.1) is 0 Å². The lowest BCUT2D eigenvalue weighted by Crippen LogP contribution is -2.17. The number of phenolic OH excluding ortho intramolecular Hbond substituents is 1. The fourth-order valence-electron chi connectivity index (χ4n) is 2.00. The van der Waals surface area contributed by atoms with Crippen LogP contribution in [-0.2, 0) is 4.79 Å². The maximum Gasteiger partial charge on any atom is 0.142 e. The zero-order valence-electron chi connectivity index (χ0n) is 11.4. The molecule has 0 unspecified atom stereocenters. The largest absolute Gasteiger partial charge is 0.508 e. The number of hydrogen-bond acceptors (Lipinski definition) is 5. The zero-order valence-corrected chi connectivity index (χ0v) is 11.4. The number of ether oxygens (including phenoxy) is 1. The van der Waals surface area contributed by atoms with Crippen molar-refractivity contribution in [1.82, 2.24) is 4.90 Å². The van der Waals surface area contributed by atoms with E-state index >= 15 is 0 Å². The lowest BCUT2D eigenvalue weighted by atomic mass is 10.2. The van der Waals surface area contributed by atoms with Gasteiger partial charge in [-0.3, -0.25) is 0 Å². The number of carbonyl (C=O) groups is 1. The van der Waals surface area contributed by atoms with E-state index in [1.54, 1.807) is 18.2 Å². The van der Waals surface area contributed by atoms with Gasteiger partial charge in [-0.05, 0) is 45.1 Å². The van der Waals surface area contributed by atoms with Crippen molar-refractivity contribution < 1.29 is 14.6 Å². The van der Waals surface area contributed by atoms with E-state index in [0.717, 1.165) is 18.0 Å². The van der Waals surface area contributed by atoms with Crippen LogP contribution < -0.4 is 10.1 Å². The summed E-state index contributed by atoms with van der Waals surface area (Å²) in [5.41, 5.74) is 0.872. The predicted molar refractivity (Wildman–Crippen MR) is 75.9 cm³/mol. The van der Waals surface area contributed by atoms with Gasteiger partial charge in [0.2, 0.25) is 0 Å². The Labute approximate surface area is 114 Å². The predicted octanol–water partition coefficient (Wildman–Crippen LogP) is 1.72. The van der Waals surface area contributed by atoms with E-state index in [9.17, 15) is 0 Å². The maximum absolute atomic E-state index is 9.09. The molecular formula is C14H22N2O3. The van der Waals surface area contributed by atoms with E-state index in [0.29, 0.717) is 6.61 Å². The summed E-state index contributed by atoms with van der Waals surface area (Å²) in [5.74, 6) is 1.08. The van der Waals surface area contributed by atoms with Crippen molar-refractivity contribution in [2.45, 2.75) is 12.8 Å². The number of fused-ring (bicyclic) bond motifs is 1. The van der Waals surface area contributed by atoms with Crippen LogP contribution in [0.2, 0.25) is 0 Å². The average molecular weight is 266 g/mol. The third kappa shape index (κ3) is 5.18. The summed E-state index contributed by atoms with van der Waals surface area (Å²) in [5, 5.41) is 12.2. The summed E-state index contributed by atoms with van der Waals surface area (Å²) in [4.78, 5) is 10.4. The van der Waals surface area contributed by atoms with Crippen molar-refractivity contribution in [3.05, 3.63) is 18.2 Å². The molecule has 0 amide bonds. The van der Waals surface area contributed by atoms with E-state index in [1.807, 2.05) is 6.79 Å². The highest BCUT2D eigenvalue weighted by Gasteiger charge is 2.08. The quantitative estimate of drug-likeness (QED) is 0.748. The van der Waals surface area contributed by atoms with Crippen LogP contribution in [0.1, 0.15) is 12.8 Å². The third-order valence-corrected chi connectivity index (χ3v) is 2.97. The monoisotopic (exact) mass is 266 g/mol. The van der Waals surface area contributed by atoms with E-state index in [2.05, 4.69) is 17.3 Å². The molecule has 2 aliphatic heterocycles. The molecule has 1 saturated heterocycles. The molecule has 3 rings (SSSR count). The second-order valence-corrected chi connectivity index (χ2v) is 4.47. The van der Waals surface area contributed by atoms with Gasteiger partial charge in [0, 0.05) is 12.6 Å². The van der Waals surface area contributed by atoms with Crippen molar-refractivity contribution in [3.63, 3.8) is 0 Å². The Morgan fingerprint density at radius 2 is 2.00 bits per heavy atom. The lowest BCUT2D eigenvalue weighted by molar-refractivity contribution is -0.0979. The van der Waals surface area contributed by atoms with Gasteiger partial charge in [-0.2, -0.15) is 0 Å². The summed E-state index contributed by atoms with van der Waals surface area (Å²) in [6.45, 7) is 6.13. The number of rotatable bonds is 0. The van der Waals surface area contributed by atoms with Gasteiger partial charge < -0.3 is 24.9 Å². The smallest absolute Gasteiger partial charge is 0.142 e. The highest BCUT2D eigenvalue weighted by Crippen LogP contribution is 2.30. The maximum atomic E-state index is 9.09. The van der Waals surface area contributed by atoms with Gasteiger partial charge in [-0.15, -0.1) is 0 Å². The summed E-state index contributed by atoms with van der Waals surface area (Å²) in [7, 11) is 2.17. The second kappa shape index (κ2) is 8.37. The first-order valence-electron chi connectivity index (χ1n) is 6.43. The van der Waals surface area contributed by atoms with E-state index in [4.69, 9.17) is 14.6 Å². The van der Waals surface area contributed by atoms with Crippen LogP contribution in [0.25, 0.3) is 0 Å². The summed E-state index contributed by atoms with van der Waals surface area (Å²) >= 11 is 0. The van der Waals surface area contributed by atoms with Crippen molar-refractivity contribution in [1.29, 1.82) is 0 Å². The molecule has 0 bridgehead atoms. The molecule has 5 heteroatoms. The van der Waals surface area contributed by atoms with Gasteiger partial charge in [0.1, 0.15) is 24.9 Å². The zero-order chi connectivity index (χ0) is 14.1. The number of anilines is 1. The molecule has 1 aromatic rings. The Balaban J connectivity index is 0.000000192. The minimum Gasteiger partial charge on any atom is -0.508 e. The van der Waals surface area contributed by atoms with Crippen molar-refractivity contribution in [2.24, 2.45) is 0 Å². The van der Waals surface area contributed by atoms with Gasteiger partial charge in [-0.25, -0.2) is 0 Å². The molecule has 0 radical (unpaired) electrons. The second-order valence-electron chi connectivity index (χ2n) is 4.47. The Hall–Kier alpha value is -1.75. The average Bonchev–Trinajstić information content (AvgIpc) is 2.93. The number of carbonyl (C=O) groups excluding carboxylic acids is 1. The normalized spacial score (nSPS) is 16.7. The SMILES string of the molecule is C=O.CN1CCCC1.Oc1ccc2c(c1)NCCO2. The number of benzene rings is 1.